The van der Waals surface area contributed by atoms with Crippen LogP contribution in [0, 0.1) is 0 Å². The summed E-state index contributed by atoms with van der Waals surface area (Å²) >= 11 is 0. The summed E-state index contributed by atoms with van der Waals surface area (Å²) in [7, 11) is 0. The summed E-state index contributed by atoms with van der Waals surface area (Å²) in [6.07, 6.45) is 7.05. The Hall–Kier alpha value is -5.31. The minimum Gasteiger partial charge on any atom is -0.334 e. The van der Waals surface area contributed by atoms with E-state index < -0.39 is 5.41 Å². The number of hydrogen-bond donors (Lipinski definition) is 3. The molecule has 48 heavy (non-hydrogen) atoms. The molecule has 1 atom stereocenters. The molecule has 0 spiro atoms. The van der Waals surface area contributed by atoms with Gasteiger partial charge in [0, 0.05) is 25.0 Å². The van der Waals surface area contributed by atoms with Crippen molar-refractivity contribution in [1.82, 2.24) is 25.1 Å². The standard InChI is InChI=1S/C39H43N7O2/c1-26(2)32-20-31(21-33(27(3)4)35(32)44-38(48)42-23-28-12-6-5-7-13-28)39(22-30-15-10-18-41-36(30)45-37(39)47)34-17-9-8-14-29(34)16-11-19-46-25-40-24-43-46/h5-10,12-15,17-18,20-21,24-27H,11,16,19,22-23H2,1-4H3,(H,41,45,47)(H2,42,44,48). The van der Waals surface area contributed by atoms with Crippen molar-refractivity contribution in [2.24, 2.45) is 0 Å². The van der Waals surface area contributed by atoms with Crippen LogP contribution >= 0.6 is 0 Å². The van der Waals surface area contributed by atoms with E-state index in [1.807, 2.05) is 59.3 Å². The molecular formula is C39H43N7O2. The third-order valence-electron chi connectivity index (χ3n) is 9.21. The second-order valence-corrected chi connectivity index (χ2v) is 13.1. The van der Waals surface area contributed by atoms with Crippen LogP contribution in [0.25, 0.3) is 0 Å². The quantitative estimate of drug-likeness (QED) is 0.140. The normalized spacial score (nSPS) is 15.7. The molecule has 246 valence electrons. The van der Waals surface area contributed by atoms with Gasteiger partial charge in [0.15, 0.2) is 0 Å². The summed E-state index contributed by atoms with van der Waals surface area (Å²) < 4.78 is 1.83. The van der Waals surface area contributed by atoms with E-state index in [0.717, 1.165) is 64.0 Å². The van der Waals surface area contributed by atoms with Crippen LogP contribution in [-0.2, 0) is 36.1 Å². The Bertz CT molecular complexity index is 1860. The van der Waals surface area contributed by atoms with Crippen LogP contribution in [0.4, 0.5) is 16.3 Å². The van der Waals surface area contributed by atoms with Gasteiger partial charge in [-0.05, 0) is 76.1 Å². The highest BCUT2D eigenvalue weighted by molar-refractivity contribution is 6.04. The van der Waals surface area contributed by atoms with E-state index in [9.17, 15) is 9.59 Å². The van der Waals surface area contributed by atoms with E-state index in [2.05, 4.69) is 83.0 Å². The summed E-state index contributed by atoms with van der Waals surface area (Å²) in [5.41, 5.74) is 6.73. The van der Waals surface area contributed by atoms with Gasteiger partial charge in [-0.1, -0.05) is 100 Å². The lowest BCUT2D eigenvalue weighted by Crippen LogP contribution is -2.47. The first-order valence-electron chi connectivity index (χ1n) is 16.7. The average molecular weight is 642 g/mol. The maximum atomic E-state index is 14.7. The number of aryl methyl sites for hydroxylation is 2. The number of amides is 3. The molecule has 0 saturated heterocycles. The van der Waals surface area contributed by atoms with E-state index in [0.29, 0.717) is 18.8 Å². The smallest absolute Gasteiger partial charge is 0.319 e. The van der Waals surface area contributed by atoms with Gasteiger partial charge in [-0.15, -0.1) is 0 Å². The SMILES string of the molecule is CC(C)c1cc(C2(c3ccccc3CCCn3cncn3)Cc3cccnc3NC2=O)cc(C(C)C)c1NC(=O)NCc1ccccc1. The molecule has 6 rings (SSSR count). The van der Waals surface area contributed by atoms with E-state index in [1.165, 1.54) is 0 Å². The second-order valence-electron chi connectivity index (χ2n) is 13.1. The Balaban J connectivity index is 1.45. The molecule has 1 unspecified atom stereocenters. The number of urea groups is 1. The monoisotopic (exact) mass is 641 g/mol. The number of hydrogen-bond acceptors (Lipinski definition) is 5. The first-order chi connectivity index (χ1) is 23.3. The summed E-state index contributed by atoms with van der Waals surface area (Å²) in [5, 5.41) is 13.7. The zero-order chi connectivity index (χ0) is 33.7. The van der Waals surface area contributed by atoms with E-state index in [4.69, 9.17) is 0 Å². The van der Waals surface area contributed by atoms with Crippen LogP contribution in [0.3, 0.4) is 0 Å². The van der Waals surface area contributed by atoms with E-state index in [1.54, 1.807) is 18.9 Å². The fourth-order valence-corrected chi connectivity index (χ4v) is 6.74. The van der Waals surface area contributed by atoms with Gasteiger partial charge < -0.3 is 16.0 Å². The van der Waals surface area contributed by atoms with Gasteiger partial charge in [-0.3, -0.25) is 9.48 Å². The molecule has 0 fully saturated rings. The molecule has 0 radical (unpaired) electrons. The van der Waals surface area contributed by atoms with Crippen LogP contribution in [0.5, 0.6) is 0 Å². The molecule has 3 amide bonds. The molecule has 3 heterocycles. The van der Waals surface area contributed by atoms with Gasteiger partial charge >= 0.3 is 6.03 Å². The third-order valence-corrected chi connectivity index (χ3v) is 9.21. The van der Waals surface area contributed by atoms with Crippen molar-refractivity contribution in [1.29, 1.82) is 0 Å². The molecule has 9 heteroatoms. The van der Waals surface area contributed by atoms with Crippen molar-refractivity contribution >= 4 is 23.4 Å². The topological polar surface area (TPSA) is 114 Å². The minimum absolute atomic E-state index is 0.0717. The van der Waals surface area contributed by atoms with Crippen molar-refractivity contribution in [2.45, 2.75) is 77.3 Å². The molecule has 5 aromatic rings. The van der Waals surface area contributed by atoms with Gasteiger partial charge in [-0.2, -0.15) is 5.10 Å². The Labute approximate surface area is 282 Å². The first-order valence-corrected chi connectivity index (χ1v) is 16.7. The lowest BCUT2D eigenvalue weighted by atomic mass is 9.65. The largest absolute Gasteiger partial charge is 0.334 e. The molecule has 0 aliphatic carbocycles. The van der Waals surface area contributed by atoms with E-state index >= 15 is 0 Å². The van der Waals surface area contributed by atoms with Crippen LogP contribution in [0.15, 0.2) is 97.7 Å². The van der Waals surface area contributed by atoms with Gasteiger partial charge in [-0.25, -0.2) is 14.8 Å². The zero-order valence-corrected chi connectivity index (χ0v) is 28.0. The second kappa shape index (κ2) is 14.2. The van der Waals surface area contributed by atoms with Crippen molar-refractivity contribution in [3.05, 3.63) is 137 Å². The fourth-order valence-electron chi connectivity index (χ4n) is 6.74. The van der Waals surface area contributed by atoms with Gasteiger partial charge in [0.1, 0.15) is 23.9 Å². The molecule has 2 aromatic heterocycles. The average Bonchev–Trinajstić information content (AvgIpc) is 3.61. The first kappa shape index (κ1) is 32.6. The number of rotatable bonds is 11. The molecule has 0 saturated carbocycles. The predicted octanol–water partition coefficient (Wildman–Crippen LogP) is 7.36. The maximum Gasteiger partial charge on any atom is 0.319 e. The highest BCUT2D eigenvalue weighted by Crippen LogP contribution is 2.46. The number of benzene rings is 3. The highest BCUT2D eigenvalue weighted by atomic mass is 16.2. The van der Waals surface area contributed by atoms with Crippen LogP contribution in [0.2, 0.25) is 0 Å². The van der Waals surface area contributed by atoms with Crippen LogP contribution < -0.4 is 16.0 Å². The molecular weight excluding hydrogens is 598 g/mol. The summed E-state index contributed by atoms with van der Waals surface area (Å²) in [4.78, 5) is 36.6. The Morgan fingerprint density at radius 1 is 0.958 bits per heavy atom. The number of pyridine rings is 1. The number of carbonyl (C=O) groups excluding carboxylic acids is 2. The zero-order valence-electron chi connectivity index (χ0n) is 28.0. The number of nitrogens with one attached hydrogen (secondary N) is 3. The Morgan fingerprint density at radius 2 is 1.69 bits per heavy atom. The number of nitrogens with zero attached hydrogens (tertiary/aromatic N) is 4. The summed E-state index contributed by atoms with van der Waals surface area (Å²) in [5.74, 6) is 0.636. The molecule has 0 bridgehead atoms. The lowest BCUT2D eigenvalue weighted by molar-refractivity contribution is -0.120. The van der Waals surface area contributed by atoms with Crippen molar-refractivity contribution in [2.75, 3.05) is 10.6 Å². The molecule has 1 aliphatic heterocycles. The fraction of sp³-hybridized carbons (Fsp3) is 0.308. The van der Waals surface area contributed by atoms with Crippen molar-refractivity contribution in [3.63, 3.8) is 0 Å². The third kappa shape index (κ3) is 6.72. The molecule has 3 N–H and O–H groups in total. The van der Waals surface area contributed by atoms with Crippen LogP contribution in [0.1, 0.15) is 84.9 Å². The number of carbonyl (C=O) groups is 2. The maximum absolute atomic E-state index is 14.7. The number of anilines is 2. The number of aromatic nitrogens is 4. The molecule has 1 aliphatic rings. The van der Waals surface area contributed by atoms with Gasteiger partial charge in [0.2, 0.25) is 5.91 Å². The summed E-state index contributed by atoms with van der Waals surface area (Å²) in [6, 6.07) is 26.1. The number of fused-ring (bicyclic) bond motifs is 1. The molecule has 3 aromatic carbocycles. The highest BCUT2D eigenvalue weighted by Gasteiger charge is 2.47. The van der Waals surface area contributed by atoms with Crippen molar-refractivity contribution < 1.29 is 9.59 Å². The van der Waals surface area contributed by atoms with E-state index in [-0.39, 0.29) is 23.8 Å². The van der Waals surface area contributed by atoms with Gasteiger partial charge in [0.05, 0.1) is 0 Å². The van der Waals surface area contributed by atoms with Gasteiger partial charge in [0.25, 0.3) is 0 Å². The lowest BCUT2D eigenvalue weighted by Gasteiger charge is -2.40. The van der Waals surface area contributed by atoms with Crippen molar-refractivity contribution in [3.8, 4) is 0 Å². The molecule has 9 nitrogen and oxygen atoms in total. The Morgan fingerprint density at radius 3 is 2.40 bits per heavy atom. The summed E-state index contributed by atoms with van der Waals surface area (Å²) in [6.45, 7) is 9.65. The Kier molecular flexibility index (Phi) is 9.66. The van der Waals surface area contributed by atoms with Crippen LogP contribution in [-0.4, -0.2) is 31.7 Å². The predicted molar refractivity (Wildman–Crippen MR) is 189 cm³/mol. The minimum atomic E-state index is -1.03.